The number of methoxy groups -OCH3 is 1. The van der Waals surface area contributed by atoms with E-state index in [1.807, 2.05) is 106 Å². The van der Waals surface area contributed by atoms with E-state index in [0.717, 1.165) is 22.4 Å². The van der Waals surface area contributed by atoms with Gasteiger partial charge < -0.3 is 15.0 Å². The van der Waals surface area contributed by atoms with Crippen molar-refractivity contribution in [1.29, 1.82) is 0 Å². The summed E-state index contributed by atoms with van der Waals surface area (Å²) in [4.78, 5) is 29.0. The quantitative estimate of drug-likeness (QED) is 0.442. The Kier molecular flexibility index (Phi) is 9.07. The summed E-state index contributed by atoms with van der Waals surface area (Å²) >= 11 is 0. The van der Waals surface area contributed by atoms with Gasteiger partial charge in [-0.25, -0.2) is 0 Å². The van der Waals surface area contributed by atoms with Crippen LogP contribution >= 0.6 is 0 Å². The van der Waals surface area contributed by atoms with Crippen LogP contribution in [0.25, 0.3) is 0 Å². The van der Waals surface area contributed by atoms with Crippen molar-refractivity contribution in [3.05, 3.63) is 102 Å². The first-order chi connectivity index (χ1) is 16.7. The number of aryl methyl sites for hydroxylation is 1. The molecule has 0 aliphatic heterocycles. The molecule has 184 valence electrons. The van der Waals surface area contributed by atoms with Crippen molar-refractivity contribution in [2.75, 3.05) is 7.11 Å². The van der Waals surface area contributed by atoms with Crippen LogP contribution in [0.5, 0.6) is 5.75 Å². The van der Waals surface area contributed by atoms with E-state index in [2.05, 4.69) is 5.32 Å². The van der Waals surface area contributed by atoms with Gasteiger partial charge in [-0.2, -0.15) is 0 Å². The summed E-state index contributed by atoms with van der Waals surface area (Å²) in [5.41, 5.74) is 2.61. The normalized spacial score (nSPS) is 12.0. The molecule has 35 heavy (non-hydrogen) atoms. The largest absolute Gasteiger partial charge is 0.497 e. The molecule has 3 aromatic rings. The summed E-state index contributed by atoms with van der Waals surface area (Å²) in [6, 6.07) is 26.8. The number of carbonyl (C=O) groups excluding carboxylic acids is 2. The van der Waals surface area contributed by atoms with Gasteiger partial charge in [-0.3, -0.25) is 9.59 Å². The topological polar surface area (TPSA) is 58.6 Å². The van der Waals surface area contributed by atoms with Crippen LogP contribution in [-0.2, 0) is 29.0 Å². The van der Waals surface area contributed by atoms with E-state index >= 15 is 0 Å². The Labute approximate surface area is 209 Å². The van der Waals surface area contributed by atoms with Gasteiger partial charge in [0.1, 0.15) is 11.8 Å². The zero-order valence-electron chi connectivity index (χ0n) is 21.2. The average Bonchev–Trinajstić information content (AvgIpc) is 2.85. The summed E-state index contributed by atoms with van der Waals surface area (Å²) in [5.74, 6) is 0.511. The third-order valence-electron chi connectivity index (χ3n) is 5.73. The van der Waals surface area contributed by atoms with E-state index in [-0.39, 0.29) is 11.8 Å². The second-order valence-corrected chi connectivity index (χ2v) is 9.80. The highest BCUT2D eigenvalue weighted by Gasteiger charge is 2.32. The molecule has 0 saturated heterocycles. The lowest BCUT2D eigenvalue weighted by molar-refractivity contribution is -0.141. The van der Waals surface area contributed by atoms with Crippen LogP contribution in [0.15, 0.2) is 84.9 Å². The van der Waals surface area contributed by atoms with E-state index < -0.39 is 11.6 Å². The predicted molar refractivity (Wildman–Crippen MR) is 140 cm³/mol. The van der Waals surface area contributed by atoms with Gasteiger partial charge in [-0.05, 0) is 56.0 Å². The van der Waals surface area contributed by atoms with Crippen molar-refractivity contribution in [3.63, 3.8) is 0 Å². The fourth-order valence-electron chi connectivity index (χ4n) is 4.01. The van der Waals surface area contributed by atoms with Gasteiger partial charge in [0, 0.05) is 24.9 Å². The lowest BCUT2D eigenvalue weighted by atomic mass is 10.00. The number of hydrogen-bond donors (Lipinski definition) is 1. The Morgan fingerprint density at radius 2 is 1.46 bits per heavy atom. The summed E-state index contributed by atoms with van der Waals surface area (Å²) in [5, 5.41) is 3.10. The molecule has 0 fully saturated rings. The molecule has 0 unspecified atom stereocenters. The summed E-state index contributed by atoms with van der Waals surface area (Å²) < 4.78 is 5.39. The third-order valence-corrected chi connectivity index (χ3v) is 5.73. The Hall–Kier alpha value is -3.60. The number of amides is 2. The Balaban J connectivity index is 1.94. The highest BCUT2D eigenvalue weighted by Crippen LogP contribution is 2.20. The maximum Gasteiger partial charge on any atom is 0.243 e. The second-order valence-electron chi connectivity index (χ2n) is 9.80. The van der Waals surface area contributed by atoms with Crippen LogP contribution in [0.3, 0.4) is 0 Å². The van der Waals surface area contributed by atoms with Crippen LogP contribution in [0.4, 0.5) is 0 Å². The number of rotatable bonds is 10. The zero-order chi connectivity index (χ0) is 25.3. The molecule has 0 bridgehead atoms. The SMILES string of the molecule is COc1cccc(CN(C(=O)CCc2ccccc2)[C@@H](Cc2ccccc2)C(=O)NC(C)(C)C)c1. The maximum absolute atomic E-state index is 13.7. The summed E-state index contributed by atoms with van der Waals surface area (Å²) in [6.45, 7) is 6.18. The minimum atomic E-state index is -0.647. The molecule has 0 spiro atoms. The van der Waals surface area contributed by atoms with E-state index in [1.54, 1.807) is 12.0 Å². The molecule has 1 N–H and O–H groups in total. The van der Waals surface area contributed by atoms with Gasteiger partial charge in [0.15, 0.2) is 0 Å². The van der Waals surface area contributed by atoms with Crippen molar-refractivity contribution >= 4 is 11.8 Å². The van der Waals surface area contributed by atoms with Crippen LogP contribution in [0, 0.1) is 0 Å². The first-order valence-electron chi connectivity index (χ1n) is 12.1. The first-order valence-corrected chi connectivity index (χ1v) is 12.1. The van der Waals surface area contributed by atoms with Gasteiger partial charge in [0.2, 0.25) is 11.8 Å². The van der Waals surface area contributed by atoms with Gasteiger partial charge in [-0.1, -0.05) is 72.8 Å². The van der Waals surface area contributed by atoms with Crippen LogP contribution in [0.2, 0.25) is 0 Å². The molecule has 0 aliphatic rings. The number of ether oxygens (including phenoxy) is 1. The van der Waals surface area contributed by atoms with E-state index in [0.29, 0.717) is 25.8 Å². The smallest absolute Gasteiger partial charge is 0.243 e. The van der Waals surface area contributed by atoms with Crippen LogP contribution < -0.4 is 10.1 Å². The van der Waals surface area contributed by atoms with Crippen molar-refractivity contribution < 1.29 is 14.3 Å². The lowest BCUT2D eigenvalue weighted by Gasteiger charge is -2.34. The molecule has 3 aromatic carbocycles. The molecular weight excluding hydrogens is 436 g/mol. The standard InChI is InChI=1S/C30H36N2O3/c1-30(2,3)31-29(34)27(21-24-14-9-6-10-15-24)32(22-25-16-11-17-26(20-25)35-4)28(33)19-18-23-12-7-5-8-13-23/h5-17,20,27H,18-19,21-22H2,1-4H3,(H,31,34)/t27-/m0/s1. The molecule has 0 aliphatic carbocycles. The van der Waals surface area contributed by atoms with Gasteiger partial charge in [-0.15, -0.1) is 0 Å². The molecule has 2 amide bonds. The number of carbonyl (C=O) groups is 2. The molecule has 0 saturated carbocycles. The van der Waals surface area contributed by atoms with Gasteiger partial charge >= 0.3 is 0 Å². The Bertz CT molecular complexity index is 1090. The van der Waals surface area contributed by atoms with Crippen LogP contribution in [0.1, 0.15) is 43.9 Å². The molecule has 1 atom stereocenters. The van der Waals surface area contributed by atoms with Crippen molar-refractivity contribution in [3.8, 4) is 5.75 Å². The fourth-order valence-corrected chi connectivity index (χ4v) is 4.01. The minimum Gasteiger partial charge on any atom is -0.497 e. The molecule has 0 aromatic heterocycles. The second kappa shape index (κ2) is 12.2. The lowest BCUT2D eigenvalue weighted by Crippen LogP contribution is -2.54. The molecule has 0 heterocycles. The Morgan fingerprint density at radius 1 is 0.857 bits per heavy atom. The molecule has 3 rings (SSSR count). The minimum absolute atomic E-state index is 0.0540. The summed E-state index contributed by atoms with van der Waals surface area (Å²) in [6.07, 6.45) is 1.37. The average molecular weight is 473 g/mol. The highest BCUT2D eigenvalue weighted by atomic mass is 16.5. The molecule has 0 radical (unpaired) electrons. The molecule has 5 nitrogen and oxygen atoms in total. The van der Waals surface area contributed by atoms with Crippen LogP contribution in [-0.4, -0.2) is 35.4 Å². The van der Waals surface area contributed by atoms with Gasteiger partial charge in [0.25, 0.3) is 0 Å². The van der Waals surface area contributed by atoms with Crippen molar-refractivity contribution in [1.82, 2.24) is 10.2 Å². The number of benzene rings is 3. The van der Waals surface area contributed by atoms with E-state index in [9.17, 15) is 9.59 Å². The Morgan fingerprint density at radius 3 is 2.06 bits per heavy atom. The number of nitrogens with zero attached hydrogens (tertiary/aromatic N) is 1. The number of nitrogens with one attached hydrogen (secondary N) is 1. The van der Waals surface area contributed by atoms with Gasteiger partial charge in [0.05, 0.1) is 7.11 Å². The predicted octanol–water partition coefficient (Wildman–Crippen LogP) is 5.18. The third kappa shape index (κ3) is 8.29. The summed E-state index contributed by atoms with van der Waals surface area (Å²) in [7, 11) is 1.62. The molecule has 5 heteroatoms. The monoisotopic (exact) mass is 472 g/mol. The number of hydrogen-bond acceptors (Lipinski definition) is 3. The zero-order valence-corrected chi connectivity index (χ0v) is 21.2. The maximum atomic E-state index is 13.7. The van der Waals surface area contributed by atoms with Crippen molar-refractivity contribution in [2.45, 2.75) is 58.2 Å². The fraction of sp³-hybridized carbons (Fsp3) is 0.333. The molecular formula is C30H36N2O3. The van der Waals surface area contributed by atoms with E-state index in [4.69, 9.17) is 4.74 Å². The van der Waals surface area contributed by atoms with E-state index in [1.165, 1.54) is 0 Å². The van der Waals surface area contributed by atoms with Crippen molar-refractivity contribution in [2.24, 2.45) is 0 Å². The first kappa shape index (κ1) is 26.0. The highest BCUT2D eigenvalue weighted by molar-refractivity contribution is 5.88.